The van der Waals surface area contributed by atoms with Crippen LogP contribution in [0.5, 0.6) is 0 Å². The van der Waals surface area contributed by atoms with E-state index >= 15 is 0 Å². The third kappa shape index (κ3) is 4.32. The molecule has 1 aromatic carbocycles. The minimum Gasteiger partial charge on any atom is -0.481 e. The zero-order chi connectivity index (χ0) is 16.1. The van der Waals surface area contributed by atoms with Gasteiger partial charge in [0.15, 0.2) is 0 Å². The standard InChI is InChI=1S/C17H22BrNO3/c1-2-13(9-12-5-3-7-15(18)10-12)16(20)19-8-4-6-14(11-19)17(21)22/h3,5,7,10,13-14H,2,4,6,8-9,11H2,1H3,(H,21,22). The maximum absolute atomic E-state index is 12.7. The number of rotatable bonds is 5. The second kappa shape index (κ2) is 7.77. The minimum absolute atomic E-state index is 0.0816. The molecule has 1 amide bonds. The second-order valence-electron chi connectivity index (χ2n) is 5.90. The molecule has 4 nitrogen and oxygen atoms in total. The van der Waals surface area contributed by atoms with Crippen molar-refractivity contribution in [3.8, 4) is 0 Å². The van der Waals surface area contributed by atoms with E-state index in [2.05, 4.69) is 15.9 Å². The van der Waals surface area contributed by atoms with Crippen LogP contribution in [0.4, 0.5) is 0 Å². The highest BCUT2D eigenvalue weighted by Gasteiger charge is 2.31. The molecule has 1 N–H and O–H groups in total. The van der Waals surface area contributed by atoms with Gasteiger partial charge in [-0.1, -0.05) is 35.0 Å². The van der Waals surface area contributed by atoms with Crippen LogP contribution in [0, 0.1) is 11.8 Å². The molecule has 5 heteroatoms. The molecular formula is C17H22BrNO3. The first-order valence-electron chi connectivity index (χ1n) is 7.77. The Labute approximate surface area is 139 Å². The fraction of sp³-hybridized carbons (Fsp3) is 0.529. The zero-order valence-electron chi connectivity index (χ0n) is 12.8. The smallest absolute Gasteiger partial charge is 0.308 e. The summed E-state index contributed by atoms with van der Waals surface area (Å²) in [6.07, 6.45) is 2.90. The van der Waals surface area contributed by atoms with Crippen LogP contribution in [0.15, 0.2) is 28.7 Å². The van der Waals surface area contributed by atoms with Crippen molar-refractivity contribution < 1.29 is 14.7 Å². The van der Waals surface area contributed by atoms with Gasteiger partial charge in [0.2, 0.25) is 5.91 Å². The van der Waals surface area contributed by atoms with Gasteiger partial charge < -0.3 is 10.0 Å². The number of benzene rings is 1. The fourth-order valence-corrected chi connectivity index (χ4v) is 3.44. The normalized spacial score (nSPS) is 19.7. The van der Waals surface area contributed by atoms with Gasteiger partial charge in [-0.15, -0.1) is 0 Å². The second-order valence-corrected chi connectivity index (χ2v) is 6.82. The average molecular weight is 368 g/mol. The van der Waals surface area contributed by atoms with Crippen LogP contribution >= 0.6 is 15.9 Å². The number of hydrogen-bond acceptors (Lipinski definition) is 2. The summed E-state index contributed by atoms with van der Waals surface area (Å²) in [5.41, 5.74) is 1.13. The molecule has 0 bridgehead atoms. The Morgan fingerprint density at radius 3 is 2.86 bits per heavy atom. The number of carboxylic acid groups (broad SMARTS) is 1. The predicted octanol–water partition coefficient (Wildman–Crippen LogP) is 3.34. The van der Waals surface area contributed by atoms with Crippen molar-refractivity contribution in [2.24, 2.45) is 11.8 Å². The molecule has 0 spiro atoms. The summed E-state index contributed by atoms with van der Waals surface area (Å²) in [5, 5.41) is 9.16. The van der Waals surface area contributed by atoms with Gasteiger partial charge >= 0.3 is 5.97 Å². The van der Waals surface area contributed by atoms with Crippen molar-refractivity contribution in [1.82, 2.24) is 4.90 Å². The van der Waals surface area contributed by atoms with Crippen LogP contribution in [0.1, 0.15) is 31.7 Å². The molecule has 1 aromatic rings. The lowest BCUT2D eigenvalue weighted by atomic mass is 9.92. The summed E-state index contributed by atoms with van der Waals surface area (Å²) in [4.78, 5) is 25.6. The number of amides is 1. The number of hydrogen-bond donors (Lipinski definition) is 1. The van der Waals surface area contributed by atoms with E-state index in [-0.39, 0.29) is 11.8 Å². The van der Waals surface area contributed by atoms with E-state index in [9.17, 15) is 9.59 Å². The Morgan fingerprint density at radius 2 is 2.23 bits per heavy atom. The van der Waals surface area contributed by atoms with Crippen molar-refractivity contribution in [2.75, 3.05) is 13.1 Å². The van der Waals surface area contributed by atoms with Crippen molar-refractivity contribution >= 4 is 27.8 Å². The lowest BCUT2D eigenvalue weighted by Crippen LogP contribution is -2.45. The van der Waals surface area contributed by atoms with E-state index in [1.165, 1.54) is 0 Å². The van der Waals surface area contributed by atoms with Gasteiger partial charge in [0, 0.05) is 23.5 Å². The fourth-order valence-electron chi connectivity index (χ4n) is 2.99. The lowest BCUT2D eigenvalue weighted by Gasteiger charge is -2.33. The number of carbonyl (C=O) groups is 2. The zero-order valence-corrected chi connectivity index (χ0v) is 14.4. The number of piperidine rings is 1. The van der Waals surface area contributed by atoms with Gasteiger partial charge in [-0.3, -0.25) is 9.59 Å². The van der Waals surface area contributed by atoms with Crippen molar-refractivity contribution in [1.29, 1.82) is 0 Å². The molecule has 2 unspecified atom stereocenters. The molecular weight excluding hydrogens is 346 g/mol. The highest BCUT2D eigenvalue weighted by molar-refractivity contribution is 9.10. The van der Waals surface area contributed by atoms with E-state index in [0.717, 1.165) is 22.9 Å². The molecule has 1 aliphatic heterocycles. The number of aliphatic carboxylic acids is 1. The lowest BCUT2D eigenvalue weighted by molar-refractivity contribution is -0.146. The Balaban J connectivity index is 2.03. The maximum Gasteiger partial charge on any atom is 0.308 e. The molecule has 120 valence electrons. The Bertz CT molecular complexity index is 546. The molecule has 22 heavy (non-hydrogen) atoms. The van der Waals surface area contributed by atoms with E-state index in [1.807, 2.05) is 31.2 Å². The first kappa shape index (κ1) is 17.0. The number of carbonyl (C=O) groups excluding carboxylic acids is 1. The van der Waals surface area contributed by atoms with Gasteiger partial charge in [0.1, 0.15) is 0 Å². The maximum atomic E-state index is 12.7. The summed E-state index contributed by atoms with van der Waals surface area (Å²) in [6, 6.07) is 8.00. The van der Waals surface area contributed by atoms with Crippen LogP contribution in [0.2, 0.25) is 0 Å². The largest absolute Gasteiger partial charge is 0.481 e. The molecule has 0 aromatic heterocycles. The molecule has 1 heterocycles. The SMILES string of the molecule is CCC(Cc1cccc(Br)c1)C(=O)N1CCCC(C(=O)O)C1. The van der Waals surface area contributed by atoms with Gasteiger partial charge in [0.05, 0.1) is 5.92 Å². The van der Waals surface area contributed by atoms with Crippen LogP contribution in [-0.4, -0.2) is 35.0 Å². The van der Waals surface area contributed by atoms with Gasteiger partial charge in [-0.25, -0.2) is 0 Å². The minimum atomic E-state index is -0.794. The quantitative estimate of drug-likeness (QED) is 0.867. The van der Waals surface area contributed by atoms with Crippen LogP contribution in [0.3, 0.4) is 0 Å². The summed E-state index contributed by atoms with van der Waals surface area (Å²) >= 11 is 3.45. The van der Waals surface area contributed by atoms with Crippen molar-refractivity contribution in [3.05, 3.63) is 34.3 Å². The first-order chi connectivity index (χ1) is 10.5. The van der Waals surface area contributed by atoms with E-state index < -0.39 is 11.9 Å². The highest BCUT2D eigenvalue weighted by atomic mass is 79.9. The van der Waals surface area contributed by atoms with E-state index in [4.69, 9.17) is 5.11 Å². The number of carboxylic acids is 1. The van der Waals surface area contributed by atoms with Gasteiger partial charge in [-0.2, -0.15) is 0 Å². The van der Waals surface area contributed by atoms with Crippen LogP contribution in [0.25, 0.3) is 0 Å². The van der Waals surface area contributed by atoms with Crippen molar-refractivity contribution in [2.45, 2.75) is 32.6 Å². The molecule has 1 saturated heterocycles. The van der Waals surface area contributed by atoms with Crippen molar-refractivity contribution in [3.63, 3.8) is 0 Å². The summed E-state index contributed by atoms with van der Waals surface area (Å²) in [7, 11) is 0. The Morgan fingerprint density at radius 1 is 1.45 bits per heavy atom. The molecule has 2 atom stereocenters. The Kier molecular flexibility index (Phi) is 6.00. The average Bonchev–Trinajstić information content (AvgIpc) is 2.52. The molecule has 0 radical (unpaired) electrons. The van der Waals surface area contributed by atoms with Gasteiger partial charge in [0.25, 0.3) is 0 Å². The summed E-state index contributed by atoms with van der Waals surface area (Å²) in [6.45, 7) is 3.04. The molecule has 2 rings (SSSR count). The summed E-state index contributed by atoms with van der Waals surface area (Å²) in [5.74, 6) is -1.20. The number of halogens is 1. The molecule has 1 fully saturated rings. The van der Waals surface area contributed by atoms with E-state index in [0.29, 0.717) is 25.9 Å². The third-order valence-corrected chi connectivity index (χ3v) is 4.79. The number of likely N-dealkylation sites (tertiary alicyclic amines) is 1. The molecule has 1 aliphatic rings. The van der Waals surface area contributed by atoms with Gasteiger partial charge in [-0.05, 0) is 43.4 Å². The van der Waals surface area contributed by atoms with E-state index in [1.54, 1.807) is 4.90 Å². The topological polar surface area (TPSA) is 57.6 Å². The van der Waals surface area contributed by atoms with Crippen LogP contribution < -0.4 is 0 Å². The monoisotopic (exact) mass is 367 g/mol. The first-order valence-corrected chi connectivity index (χ1v) is 8.56. The summed E-state index contributed by atoms with van der Waals surface area (Å²) < 4.78 is 1.01. The Hall–Kier alpha value is -1.36. The molecule has 0 aliphatic carbocycles. The number of nitrogens with zero attached hydrogens (tertiary/aromatic N) is 1. The predicted molar refractivity (Wildman–Crippen MR) is 88.6 cm³/mol. The highest BCUT2D eigenvalue weighted by Crippen LogP contribution is 2.22. The third-order valence-electron chi connectivity index (χ3n) is 4.30. The van der Waals surface area contributed by atoms with Crippen LogP contribution in [-0.2, 0) is 16.0 Å². The molecule has 0 saturated carbocycles.